The van der Waals surface area contributed by atoms with E-state index in [-0.39, 0.29) is 15.7 Å². The van der Waals surface area contributed by atoms with Crippen molar-refractivity contribution in [1.82, 2.24) is 0 Å². The Labute approximate surface area is 139 Å². The van der Waals surface area contributed by atoms with Gasteiger partial charge in [0.2, 0.25) is 0 Å². The largest absolute Gasteiger partial charge is 0.205 e. The summed E-state index contributed by atoms with van der Waals surface area (Å²) in [7, 11) is 0. The summed E-state index contributed by atoms with van der Waals surface area (Å²) in [4.78, 5) is -0.200. The lowest BCUT2D eigenvalue weighted by Gasteiger charge is -2.23. The summed E-state index contributed by atoms with van der Waals surface area (Å²) < 4.78 is 14.3. The molecule has 0 fully saturated rings. The van der Waals surface area contributed by atoms with Gasteiger partial charge in [0.25, 0.3) is 0 Å². The number of hydrogen-bond acceptors (Lipinski definition) is 0. The van der Waals surface area contributed by atoms with E-state index >= 15 is 0 Å². The summed E-state index contributed by atoms with van der Waals surface area (Å²) in [5.41, 5.74) is 7.96. The number of halogens is 3. The van der Waals surface area contributed by atoms with Gasteiger partial charge in [0.15, 0.2) is 0 Å². The van der Waals surface area contributed by atoms with Crippen LogP contribution >= 0.6 is 27.5 Å². The molecule has 0 aliphatic heterocycles. The maximum Gasteiger partial charge on any atom is 0.146 e. The molecule has 0 aliphatic carbocycles. The first kappa shape index (κ1) is 16.5. The Morgan fingerprint density at radius 2 is 1.38 bits per heavy atom. The first-order valence-corrected chi connectivity index (χ1v) is 8.21. The minimum absolute atomic E-state index is 0.160. The highest BCUT2D eigenvalue weighted by Gasteiger charge is 2.22. The molecule has 2 aromatic rings. The average molecular weight is 370 g/mol. The van der Waals surface area contributed by atoms with Gasteiger partial charge in [0.1, 0.15) is 5.82 Å². The minimum Gasteiger partial charge on any atom is -0.205 e. The van der Waals surface area contributed by atoms with Crippen LogP contribution in [0, 0.1) is 40.4 Å². The van der Waals surface area contributed by atoms with E-state index in [1.165, 1.54) is 27.8 Å². The van der Waals surface area contributed by atoms with Crippen molar-refractivity contribution in [2.75, 3.05) is 0 Å². The lowest BCUT2D eigenvalue weighted by molar-refractivity contribution is 0.613. The van der Waals surface area contributed by atoms with Gasteiger partial charge in [-0.15, -0.1) is 0 Å². The van der Waals surface area contributed by atoms with Crippen LogP contribution in [0.1, 0.15) is 43.8 Å². The number of benzene rings is 2. The molecule has 0 nitrogen and oxygen atoms in total. The van der Waals surface area contributed by atoms with Crippen LogP contribution in [0.15, 0.2) is 18.2 Å². The minimum atomic E-state index is -0.351. The molecule has 0 spiro atoms. The first-order valence-electron chi connectivity index (χ1n) is 6.92. The van der Waals surface area contributed by atoms with E-state index in [4.69, 9.17) is 11.6 Å². The molecule has 1 unspecified atom stereocenters. The van der Waals surface area contributed by atoms with Crippen LogP contribution in [0.4, 0.5) is 4.39 Å². The van der Waals surface area contributed by atoms with E-state index in [2.05, 4.69) is 50.5 Å². The third-order valence-electron chi connectivity index (χ3n) is 4.57. The van der Waals surface area contributed by atoms with Gasteiger partial charge in [-0.25, -0.2) is 4.39 Å². The van der Waals surface area contributed by atoms with E-state index in [1.54, 1.807) is 18.2 Å². The maximum absolute atomic E-state index is 14.3. The van der Waals surface area contributed by atoms with Crippen LogP contribution in [0.5, 0.6) is 0 Å². The molecule has 21 heavy (non-hydrogen) atoms. The smallest absolute Gasteiger partial charge is 0.146 e. The topological polar surface area (TPSA) is 0 Å². The Kier molecular flexibility index (Phi) is 4.79. The third-order valence-corrected chi connectivity index (χ3v) is 5.81. The van der Waals surface area contributed by atoms with Gasteiger partial charge in [0, 0.05) is 5.56 Å². The average Bonchev–Trinajstić information content (AvgIpc) is 2.46. The Morgan fingerprint density at radius 1 is 0.905 bits per heavy atom. The number of rotatable bonds is 2. The second-order valence-corrected chi connectivity index (χ2v) is 6.87. The van der Waals surface area contributed by atoms with Gasteiger partial charge in [-0.2, -0.15) is 0 Å². The summed E-state index contributed by atoms with van der Waals surface area (Å²) in [5, 5.41) is 0.160. The molecule has 0 saturated carbocycles. The Bertz CT molecular complexity index is 678. The monoisotopic (exact) mass is 368 g/mol. The standard InChI is InChI=1S/C18H19BrClF/c1-9-10(2)12(4)16(13(5)11(9)3)17(19)14-7-6-8-15(20)18(14)21/h6-8,17H,1-5H3. The van der Waals surface area contributed by atoms with Crippen LogP contribution in [0.3, 0.4) is 0 Å². The van der Waals surface area contributed by atoms with Crippen molar-refractivity contribution in [1.29, 1.82) is 0 Å². The molecule has 3 heteroatoms. The van der Waals surface area contributed by atoms with Crippen LogP contribution in [0.2, 0.25) is 5.02 Å². The number of hydrogen-bond donors (Lipinski definition) is 0. The summed E-state index contributed by atoms with van der Waals surface area (Å²) in [6.07, 6.45) is 0. The van der Waals surface area contributed by atoms with E-state index in [9.17, 15) is 4.39 Å². The van der Waals surface area contributed by atoms with Crippen LogP contribution in [-0.2, 0) is 0 Å². The van der Waals surface area contributed by atoms with Crippen molar-refractivity contribution in [2.45, 2.75) is 39.4 Å². The maximum atomic E-state index is 14.3. The summed E-state index contributed by atoms with van der Waals surface area (Å²) in [6.45, 7) is 10.6. The van der Waals surface area contributed by atoms with Crippen molar-refractivity contribution >= 4 is 27.5 Å². The Morgan fingerprint density at radius 3 is 1.90 bits per heavy atom. The molecule has 0 heterocycles. The molecule has 0 aliphatic rings. The predicted octanol–water partition coefficient (Wildman–Crippen LogP) is 6.51. The van der Waals surface area contributed by atoms with Crippen LogP contribution in [0.25, 0.3) is 0 Å². The van der Waals surface area contributed by atoms with Gasteiger partial charge in [-0.1, -0.05) is 39.7 Å². The zero-order valence-corrected chi connectivity index (χ0v) is 15.3. The van der Waals surface area contributed by atoms with Gasteiger partial charge in [0.05, 0.1) is 9.85 Å². The zero-order chi connectivity index (χ0) is 15.9. The molecule has 0 amide bonds. The predicted molar refractivity (Wildman–Crippen MR) is 92.3 cm³/mol. The van der Waals surface area contributed by atoms with Crippen molar-refractivity contribution in [3.05, 3.63) is 68.0 Å². The van der Waals surface area contributed by atoms with Gasteiger partial charge in [-0.3, -0.25) is 0 Å². The van der Waals surface area contributed by atoms with E-state index in [1.807, 2.05) is 0 Å². The molecule has 0 radical (unpaired) electrons. The van der Waals surface area contributed by atoms with Crippen molar-refractivity contribution in [3.8, 4) is 0 Å². The quantitative estimate of drug-likeness (QED) is 0.530. The molecule has 112 valence electrons. The molecule has 1 atom stereocenters. The first-order chi connectivity index (χ1) is 9.77. The normalized spacial score (nSPS) is 12.6. The molecule has 2 aromatic carbocycles. The SMILES string of the molecule is Cc1c(C)c(C)c(C(Br)c2cccc(Cl)c2F)c(C)c1C. The molecular formula is C18H19BrClF. The highest BCUT2D eigenvalue weighted by atomic mass is 79.9. The molecule has 0 bridgehead atoms. The highest BCUT2D eigenvalue weighted by molar-refractivity contribution is 9.09. The van der Waals surface area contributed by atoms with Gasteiger partial charge < -0.3 is 0 Å². The zero-order valence-electron chi connectivity index (χ0n) is 12.9. The van der Waals surface area contributed by atoms with Crippen molar-refractivity contribution in [3.63, 3.8) is 0 Å². The van der Waals surface area contributed by atoms with E-state index in [0.717, 1.165) is 5.56 Å². The fourth-order valence-electron chi connectivity index (χ4n) is 2.78. The molecule has 0 aromatic heterocycles. The van der Waals surface area contributed by atoms with Crippen LogP contribution < -0.4 is 0 Å². The lowest BCUT2D eigenvalue weighted by Crippen LogP contribution is -2.07. The fraction of sp³-hybridized carbons (Fsp3) is 0.333. The van der Waals surface area contributed by atoms with Crippen molar-refractivity contribution < 1.29 is 4.39 Å². The van der Waals surface area contributed by atoms with E-state index < -0.39 is 0 Å². The molecule has 0 N–H and O–H groups in total. The number of alkyl halides is 1. The molecular weight excluding hydrogens is 351 g/mol. The summed E-state index contributed by atoms with van der Waals surface area (Å²) in [6, 6.07) is 5.14. The highest BCUT2D eigenvalue weighted by Crippen LogP contribution is 2.40. The second kappa shape index (κ2) is 6.10. The molecule has 2 rings (SSSR count). The van der Waals surface area contributed by atoms with E-state index in [0.29, 0.717) is 5.56 Å². The summed E-state index contributed by atoms with van der Waals surface area (Å²) >= 11 is 9.59. The second-order valence-electron chi connectivity index (χ2n) is 5.54. The third kappa shape index (κ3) is 2.76. The van der Waals surface area contributed by atoms with Gasteiger partial charge in [-0.05, 0) is 74.1 Å². The Balaban J connectivity index is 2.70. The lowest BCUT2D eigenvalue weighted by atomic mass is 9.86. The summed E-state index contributed by atoms with van der Waals surface area (Å²) in [5.74, 6) is -0.351. The van der Waals surface area contributed by atoms with Gasteiger partial charge >= 0.3 is 0 Å². The van der Waals surface area contributed by atoms with Crippen LogP contribution in [-0.4, -0.2) is 0 Å². The Hall–Kier alpha value is -0.860. The molecule has 0 saturated heterocycles. The fourth-order valence-corrected chi connectivity index (χ4v) is 4.00. The van der Waals surface area contributed by atoms with Crippen molar-refractivity contribution in [2.24, 2.45) is 0 Å².